The van der Waals surface area contributed by atoms with E-state index in [2.05, 4.69) is 13.8 Å². The summed E-state index contributed by atoms with van der Waals surface area (Å²) in [6, 6.07) is 11.2. The molecule has 0 aliphatic heterocycles. The Labute approximate surface area is 157 Å². The third-order valence-electron chi connectivity index (χ3n) is 3.69. The molecule has 0 saturated heterocycles. The van der Waals surface area contributed by atoms with Gasteiger partial charge in [0.05, 0.1) is 19.6 Å². The van der Waals surface area contributed by atoms with Crippen LogP contribution in [0.1, 0.15) is 30.6 Å². The van der Waals surface area contributed by atoms with Gasteiger partial charge in [-0.3, -0.25) is 9.59 Å². The summed E-state index contributed by atoms with van der Waals surface area (Å²) in [5, 5.41) is 0.394. The fraction of sp³-hybridized carbons (Fsp3) is 0.238. The van der Waals surface area contributed by atoms with Crippen LogP contribution >= 0.6 is 0 Å². The van der Waals surface area contributed by atoms with Crippen molar-refractivity contribution in [1.29, 1.82) is 0 Å². The molecule has 142 valence electrons. The molecule has 2 aromatic carbocycles. The second-order valence-corrected chi connectivity index (χ2v) is 5.80. The molecular weight excluding hydrogens is 346 g/mol. The van der Waals surface area contributed by atoms with Crippen molar-refractivity contribution in [1.82, 2.24) is 0 Å². The van der Waals surface area contributed by atoms with Gasteiger partial charge in [-0.25, -0.2) is 0 Å². The lowest BCUT2D eigenvalue weighted by Crippen LogP contribution is -2.10. The first-order valence-corrected chi connectivity index (χ1v) is 8.55. The van der Waals surface area contributed by atoms with Crippen molar-refractivity contribution in [3.05, 3.63) is 58.3 Å². The molecule has 0 radical (unpaired) electrons. The number of rotatable bonds is 4. The zero-order valence-electron chi connectivity index (χ0n) is 15.9. The lowest BCUT2D eigenvalue weighted by atomic mass is 10.1. The summed E-state index contributed by atoms with van der Waals surface area (Å²) in [6.45, 7) is 4.25. The number of hydrogen-bond acceptors (Lipinski definition) is 5. The summed E-state index contributed by atoms with van der Waals surface area (Å²) >= 11 is 0. The van der Waals surface area contributed by atoms with E-state index in [4.69, 9.17) is 19.6 Å². The fourth-order valence-electron chi connectivity index (χ4n) is 2.47. The van der Waals surface area contributed by atoms with Crippen LogP contribution in [0, 0.1) is 0 Å². The SMILES string of the molecule is CCC.COc1ccc2c(=O)cc(-c3ccc(C(N)=O)cc3)oc2c1OC. The van der Waals surface area contributed by atoms with Crippen molar-refractivity contribution in [2.75, 3.05) is 14.2 Å². The standard InChI is InChI=1S/C18H15NO5.C3H8/c1-22-14-8-7-12-13(20)9-15(24-16(12)17(14)23-2)10-3-5-11(6-4-10)18(19)21;1-3-2/h3-9H,1-2H3,(H2,19,21);3H2,1-2H3. The summed E-state index contributed by atoms with van der Waals surface area (Å²) in [5.41, 5.74) is 6.35. The molecule has 0 spiro atoms. The van der Waals surface area contributed by atoms with Crippen molar-refractivity contribution in [3.63, 3.8) is 0 Å². The van der Waals surface area contributed by atoms with Crippen molar-refractivity contribution in [2.24, 2.45) is 5.73 Å². The van der Waals surface area contributed by atoms with Gasteiger partial charge >= 0.3 is 0 Å². The smallest absolute Gasteiger partial charge is 0.248 e. The Morgan fingerprint density at radius 2 is 1.67 bits per heavy atom. The fourth-order valence-corrected chi connectivity index (χ4v) is 2.47. The summed E-state index contributed by atoms with van der Waals surface area (Å²) < 4.78 is 16.4. The molecule has 0 aliphatic carbocycles. The topological polar surface area (TPSA) is 91.8 Å². The van der Waals surface area contributed by atoms with Gasteiger partial charge in [0.2, 0.25) is 11.7 Å². The van der Waals surface area contributed by atoms with E-state index < -0.39 is 5.91 Å². The molecule has 0 fully saturated rings. The number of amides is 1. The van der Waals surface area contributed by atoms with Crippen LogP contribution in [0.4, 0.5) is 0 Å². The number of carbonyl (C=O) groups excluding carboxylic acids is 1. The number of benzene rings is 2. The summed E-state index contributed by atoms with van der Waals surface area (Å²) in [7, 11) is 2.99. The highest BCUT2D eigenvalue weighted by molar-refractivity contribution is 5.93. The Bertz CT molecular complexity index is 990. The molecule has 0 atom stereocenters. The van der Waals surface area contributed by atoms with Crippen molar-refractivity contribution >= 4 is 16.9 Å². The minimum Gasteiger partial charge on any atom is -0.493 e. The monoisotopic (exact) mass is 369 g/mol. The average molecular weight is 369 g/mol. The van der Waals surface area contributed by atoms with E-state index in [9.17, 15) is 9.59 Å². The van der Waals surface area contributed by atoms with E-state index in [0.29, 0.717) is 39.4 Å². The Morgan fingerprint density at radius 3 is 2.19 bits per heavy atom. The minimum absolute atomic E-state index is 0.203. The van der Waals surface area contributed by atoms with Gasteiger partial charge in [-0.1, -0.05) is 32.4 Å². The van der Waals surface area contributed by atoms with Gasteiger partial charge in [0.15, 0.2) is 16.8 Å². The van der Waals surface area contributed by atoms with Crippen LogP contribution in [0.2, 0.25) is 0 Å². The molecule has 3 rings (SSSR count). The van der Waals surface area contributed by atoms with Crippen LogP contribution in [0.5, 0.6) is 11.5 Å². The zero-order valence-corrected chi connectivity index (χ0v) is 15.9. The first-order valence-electron chi connectivity index (χ1n) is 8.55. The van der Waals surface area contributed by atoms with E-state index >= 15 is 0 Å². The number of hydrogen-bond donors (Lipinski definition) is 1. The minimum atomic E-state index is -0.520. The third-order valence-corrected chi connectivity index (χ3v) is 3.69. The molecule has 6 heteroatoms. The lowest BCUT2D eigenvalue weighted by molar-refractivity contribution is 0.100. The van der Waals surface area contributed by atoms with E-state index in [1.807, 2.05) is 0 Å². The Kier molecular flexibility index (Phi) is 6.60. The first kappa shape index (κ1) is 20.0. The zero-order chi connectivity index (χ0) is 20.0. The van der Waals surface area contributed by atoms with Crippen LogP contribution in [-0.2, 0) is 0 Å². The molecular formula is C21H23NO5. The van der Waals surface area contributed by atoms with E-state index in [1.54, 1.807) is 36.4 Å². The second kappa shape index (κ2) is 8.89. The third kappa shape index (κ3) is 4.28. The summed E-state index contributed by atoms with van der Waals surface area (Å²) in [6.07, 6.45) is 1.25. The van der Waals surface area contributed by atoms with Gasteiger partial charge in [-0.15, -0.1) is 0 Å². The molecule has 27 heavy (non-hydrogen) atoms. The number of methoxy groups -OCH3 is 2. The number of primary amides is 1. The maximum absolute atomic E-state index is 12.4. The van der Waals surface area contributed by atoms with Gasteiger partial charge in [-0.05, 0) is 24.3 Å². The molecule has 6 nitrogen and oxygen atoms in total. The number of carbonyl (C=O) groups is 1. The molecule has 2 N–H and O–H groups in total. The highest BCUT2D eigenvalue weighted by atomic mass is 16.5. The highest BCUT2D eigenvalue weighted by Gasteiger charge is 2.15. The highest BCUT2D eigenvalue weighted by Crippen LogP contribution is 2.36. The molecule has 3 aromatic rings. The number of fused-ring (bicyclic) bond motifs is 1. The number of nitrogens with two attached hydrogens (primary N) is 1. The van der Waals surface area contributed by atoms with E-state index in [0.717, 1.165) is 0 Å². The molecule has 1 amide bonds. The molecule has 0 bridgehead atoms. The van der Waals surface area contributed by atoms with Crippen LogP contribution < -0.4 is 20.6 Å². The van der Waals surface area contributed by atoms with E-state index in [1.165, 1.54) is 26.7 Å². The normalized spacial score (nSPS) is 10.1. The first-order chi connectivity index (χ1) is 13.0. The second-order valence-electron chi connectivity index (χ2n) is 5.80. The molecule has 0 unspecified atom stereocenters. The predicted molar refractivity (Wildman–Crippen MR) is 106 cm³/mol. The van der Waals surface area contributed by atoms with Gasteiger partial charge < -0.3 is 19.6 Å². The molecule has 0 aliphatic rings. The maximum atomic E-state index is 12.4. The quantitative estimate of drug-likeness (QED) is 0.751. The number of ether oxygens (including phenoxy) is 2. The van der Waals surface area contributed by atoms with Gasteiger partial charge in [0, 0.05) is 17.2 Å². The van der Waals surface area contributed by atoms with Gasteiger partial charge in [0.1, 0.15) is 5.76 Å². The van der Waals surface area contributed by atoms with Crippen molar-refractivity contribution in [2.45, 2.75) is 20.3 Å². The predicted octanol–water partition coefficient (Wildman–Crippen LogP) is 3.99. The molecule has 1 heterocycles. The summed E-state index contributed by atoms with van der Waals surface area (Å²) in [5.74, 6) is 0.653. The lowest BCUT2D eigenvalue weighted by Gasteiger charge is -2.10. The summed E-state index contributed by atoms with van der Waals surface area (Å²) in [4.78, 5) is 23.5. The Balaban J connectivity index is 0.000000817. The van der Waals surface area contributed by atoms with Gasteiger partial charge in [-0.2, -0.15) is 0 Å². The maximum Gasteiger partial charge on any atom is 0.248 e. The average Bonchev–Trinajstić information content (AvgIpc) is 2.67. The largest absolute Gasteiger partial charge is 0.493 e. The Hall–Kier alpha value is -3.28. The van der Waals surface area contributed by atoms with Crippen molar-refractivity contribution < 1.29 is 18.7 Å². The van der Waals surface area contributed by atoms with Crippen LogP contribution in [0.15, 0.2) is 51.7 Å². The Morgan fingerprint density at radius 1 is 1.04 bits per heavy atom. The molecule has 1 aromatic heterocycles. The van der Waals surface area contributed by atoms with Crippen molar-refractivity contribution in [3.8, 4) is 22.8 Å². The van der Waals surface area contributed by atoms with Crippen LogP contribution in [0.25, 0.3) is 22.3 Å². The van der Waals surface area contributed by atoms with Crippen LogP contribution in [0.3, 0.4) is 0 Å². The molecule has 0 saturated carbocycles. The van der Waals surface area contributed by atoms with Crippen LogP contribution in [-0.4, -0.2) is 20.1 Å². The van der Waals surface area contributed by atoms with E-state index in [-0.39, 0.29) is 5.43 Å². The van der Waals surface area contributed by atoms with Gasteiger partial charge in [0.25, 0.3) is 0 Å².